The number of ether oxygens (including phenoxy) is 1. The molecule has 0 amide bonds. The van der Waals surface area contributed by atoms with Gasteiger partial charge < -0.3 is 4.74 Å². The van der Waals surface area contributed by atoms with Crippen LogP contribution in [-0.2, 0) is 4.74 Å². The van der Waals surface area contributed by atoms with Gasteiger partial charge in [-0.3, -0.25) is 0 Å². The van der Waals surface area contributed by atoms with E-state index in [1.165, 1.54) is 44.9 Å². The van der Waals surface area contributed by atoms with E-state index in [9.17, 15) is 0 Å². The summed E-state index contributed by atoms with van der Waals surface area (Å²) in [6, 6.07) is 0. The molecule has 0 radical (unpaired) electrons. The smallest absolute Gasteiger partial charge is 0.0598 e. The lowest BCUT2D eigenvalue weighted by atomic mass is 9.89. The van der Waals surface area contributed by atoms with Crippen molar-refractivity contribution in [1.82, 2.24) is 0 Å². The van der Waals surface area contributed by atoms with E-state index in [0.717, 1.165) is 6.61 Å². The molecule has 0 aliphatic rings. The predicted octanol–water partition coefficient (Wildman–Crippen LogP) is 5.58. The maximum Gasteiger partial charge on any atom is 0.0598 e. The molecule has 1 nitrogen and oxygen atoms in total. The molecule has 0 N–H and O–H groups in total. The van der Waals surface area contributed by atoms with Crippen LogP contribution in [0.4, 0.5) is 0 Å². The Morgan fingerprint density at radius 1 is 0.647 bits per heavy atom. The third-order valence-electron chi connectivity index (χ3n) is 2.86. The molecular weight excluding hydrogens is 208 g/mol. The summed E-state index contributed by atoms with van der Waals surface area (Å²) in [6.07, 6.45) is 9.46. The Hall–Kier alpha value is -0.0400. The fraction of sp³-hybridized carbons (Fsp3) is 1.00. The molecule has 17 heavy (non-hydrogen) atoms. The van der Waals surface area contributed by atoms with E-state index < -0.39 is 0 Å². The summed E-state index contributed by atoms with van der Waals surface area (Å²) in [5.74, 6) is 0. The first kappa shape index (κ1) is 17.0. The predicted molar refractivity (Wildman–Crippen MR) is 77.5 cm³/mol. The van der Waals surface area contributed by atoms with Crippen molar-refractivity contribution in [2.24, 2.45) is 5.41 Å². The fourth-order valence-electron chi connectivity index (χ4n) is 1.84. The molecule has 0 unspecified atom stereocenters. The van der Waals surface area contributed by atoms with Crippen LogP contribution >= 0.6 is 0 Å². The Labute approximate surface area is 109 Å². The van der Waals surface area contributed by atoms with Crippen LogP contribution in [0.1, 0.15) is 86.5 Å². The molecule has 0 aromatic heterocycles. The summed E-state index contributed by atoms with van der Waals surface area (Å²) in [5.41, 5.74) is 0.549. The van der Waals surface area contributed by atoms with Crippen LogP contribution < -0.4 is 0 Å². The maximum absolute atomic E-state index is 5.70. The van der Waals surface area contributed by atoms with Crippen molar-refractivity contribution >= 4 is 0 Å². The first-order valence-corrected chi connectivity index (χ1v) is 7.35. The number of unbranched alkanes of at least 4 members (excludes halogenated alkanes) is 5. The highest BCUT2D eigenvalue weighted by molar-refractivity contribution is 4.61. The largest absolute Gasteiger partial charge is 0.376 e. The van der Waals surface area contributed by atoms with Gasteiger partial charge in [-0.25, -0.2) is 0 Å². The first-order chi connectivity index (χ1) is 7.71. The molecule has 0 saturated heterocycles. The Morgan fingerprint density at radius 3 is 1.59 bits per heavy atom. The van der Waals surface area contributed by atoms with Gasteiger partial charge >= 0.3 is 0 Å². The monoisotopic (exact) mass is 242 g/mol. The second-order valence-corrected chi connectivity index (χ2v) is 7.39. The van der Waals surface area contributed by atoms with Gasteiger partial charge in [0.15, 0.2) is 0 Å². The van der Waals surface area contributed by atoms with Crippen LogP contribution in [0.3, 0.4) is 0 Å². The lowest BCUT2D eigenvalue weighted by Crippen LogP contribution is -2.19. The van der Waals surface area contributed by atoms with E-state index in [-0.39, 0.29) is 5.60 Å². The maximum atomic E-state index is 5.70. The van der Waals surface area contributed by atoms with Crippen molar-refractivity contribution in [2.45, 2.75) is 92.1 Å². The van der Waals surface area contributed by atoms with Crippen molar-refractivity contribution in [3.63, 3.8) is 0 Å². The zero-order valence-corrected chi connectivity index (χ0v) is 13.1. The van der Waals surface area contributed by atoms with Crippen LogP contribution in [0, 0.1) is 5.41 Å². The van der Waals surface area contributed by atoms with Gasteiger partial charge in [0, 0.05) is 6.61 Å². The second-order valence-electron chi connectivity index (χ2n) is 7.39. The minimum atomic E-state index is 0.0344. The number of hydrogen-bond acceptors (Lipinski definition) is 1. The molecule has 1 heteroatoms. The quantitative estimate of drug-likeness (QED) is 0.505. The molecule has 0 rings (SSSR count). The Balaban J connectivity index is 3.15. The fourth-order valence-corrected chi connectivity index (χ4v) is 1.84. The molecule has 0 aliphatic carbocycles. The first-order valence-electron chi connectivity index (χ1n) is 7.35. The normalized spacial score (nSPS) is 13.1. The zero-order chi connectivity index (χ0) is 13.4. The molecule has 0 fully saturated rings. The van der Waals surface area contributed by atoms with Gasteiger partial charge in [0.05, 0.1) is 5.60 Å². The van der Waals surface area contributed by atoms with E-state index in [1.807, 2.05) is 0 Å². The third kappa shape index (κ3) is 16.0. The summed E-state index contributed by atoms with van der Waals surface area (Å²) < 4.78 is 5.70. The highest BCUT2D eigenvalue weighted by atomic mass is 16.5. The summed E-state index contributed by atoms with van der Waals surface area (Å²) in [6.45, 7) is 14.3. The number of hydrogen-bond donors (Lipinski definition) is 0. The van der Waals surface area contributed by atoms with E-state index in [2.05, 4.69) is 41.5 Å². The Morgan fingerprint density at radius 2 is 1.12 bits per heavy atom. The summed E-state index contributed by atoms with van der Waals surface area (Å²) in [4.78, 5) is 0. The van der Waals surface area contributed by atoms with Crippen LogP contribution in [0.2, 0.25) is 0 Å². The highest BCUT2D eigenvalue weighted by Gasteiger charge is 2.09. The van der Waals surface area contributed by atoms with Gasteiger partial charge in [-0.2, -0.15) is 0 Å². The standard InChI is InChI=1S/C16H34O/c1-15(2,3)13-11-9-7-8-10-12-14-17-16(4,5)6/h7-14H2,1-6H3. The lowest BCUT2D eigenvalue weighted by Gasteiger charge is -2.19. The molecule has 0 aromatic carbocycles. The van der Waals surface area contributed by atoms with Gasteiger partial charge in [0.1, 0.15) is 0 Å². The van der Waals surface area contributed by atoms with Crippen molar-refractivity contribution in [2.75, 3.05) is 6.61 Å². The van der Waals surface area contributed by atoms with Gasteiger partial charge in [-0.05, 0) is 39.0 Å². The molecule has 0 aromatic rings. The van der Waals surface area contributed by atoms with Gasteiger partial charge in [-0.1, -0.05) is 52.9 Å². The van der Waals surface area contributed by atoms with Gasteiger partial charge in [0.2, 0.25) is 0 Å². The van der Waals surface area contributed by atoms with Crippen LogP contribution in [0.5, 0.6) is 0 Å². The van der Waals surface area contributed by atoms with Crippen molar-refractivity contribution in [3.8, 4) is 0 Å². The minimum absolute atomic E-state index is 0.0344. The summed E-state index contributed by atoms with van der Waals surface area (Å²) in [5, 5.41) is 0. The molecule has 0 aliphatic heterocycles. The average molecular weight is 242 g/mol. The van der Waals surface area contributed by atoms with E-state index >= 15 is 0 Å². The molecule has 0 heterocycles. The van der Waals surface area contributed by atoms with E-state index in [4.69, 9.17) is 4.74 Å². The molecule has 0 spiro atoms. The molecule has 0 atom stereocenters. The van der Waals surface area contributed by atoms with Crippen LogP contribution in [-0.4, -0.2) is 12.2 Å². The summed E-state index contributed by atoms with van der Waals surface area (Å²) in [7, 11) is 0. The molecule has 104 valence electrons. The zero-order valence-electron chi connectivity index (χ0n) is 13.1. The topological polar surface area (TPSA) is 9.23 Å². The van der Waals surface area contributed by atoms with Crippen molar-refractivity contribution in [1.29, 1.82) is 0 Å². The molecule has 0 saturated carbocycles. The van der Waals surface area contributed by atoms with Gasteiger partial charge in [-0.15, -0.1) is 0 Å². The number of rotatable bonds is 8. The minimum Gasteiger partial charge on any atom is -0.376 e. The average Bonchev–Trinajstić information content (AvgIpc) is 2.11. The van der Waals surface area contributed by atoms with E-state index in [1.54, 1.807) is 0 Å². The molecular formula is C16H34O. The van der Waals surface area contributed by atoms with Crippen molar-refractivity contribution < 1.29 is 4.74 Å². The second kappa shape index (κ2) is 8.13. The highest BCUT2D eigenvalue weighted by Crippen LogP contribution is 2.22. The Kier molecular flexibility index (Phi) is 8.11. The van der Waals surface area contributed by atoms with E-state index in [0.29, 0.717) is 5.41 Å². The van der Waals surface area contributed by atoms with Gasteiger partial charge in [0.25, 0.3) is 0 Å². The molecule has 0 bridgehead atoms. The van der Waals surface area contributed by atoms with Crippen molar-refractivity contribution in [3.05, 3.63) is 0 Å². The summed E-state index contributed by atoms with van der Waals surface area (Å²) >= 11 is 0. The third-order valence-corrected chi connectivity index (χ3v) is 2.86. The van der Waals surface area contributed by atoms with Crippen LogP contribution in [0.15, 0.2) is 0 Å². The SMILES string of the molecule is CC(C)(C)CCCCCCCCOC(C)(C)C. The van der Waals surface area contributed by atoms with Crippen LogP contribution in [0.25, 0.3) is 0 Å². The lowest BCUT2D eigenvalue weighted by molar-refractivity contribution is -0.00475. The Bertz CT molecular complexity index is 151.